The molecule has 1 heterocycles. The van der Waals surface area contributed by atoms with E-state index in [9.17, 15) is 25.1 Å². The molecule has 1 aliphatic rings. The highest BCUT2D eigenvalue weighted by atomic mass is 16.6. The van der Waals surface area contributed by atoms with Crippen LogP contribution in [0.3, 0.4) is 0 Å². The number of benzene rings is 2. The molecule has 3 rings (SSSR count). The maximum Gasteiger partial charge on any atom is 0.309 e. The predicted molar refractivity (Wildman–Crippen MR) is 83.8 cm³/mol. The van der Waals surface area contributed by atoms with E-state index in [1.807, 2.05) is 6.07 Å². The molecule has 8 heteroatoms. The SMILES string of the molecule is O=C1N(Cc2ccccc2)N=C(c2cccc([N+](=O)[O-])c2)C1(O)O. The number of carbonyl (C=O) groups excluding carboxylic acids is 1. The number of non-ortho nitro benzene ring substituents is 1. The van der Waals surface area contributed by atoms with Crippen molar-refractivity contribution >= 4 is 17.3 Å². The summed E-state index contributed by atoms with van der Waals surface area (Å²) in [7, 11) is 0. The largest absolute Gasteiger partial charge is 0.353 e. The van der Waals surface area contributed by atoms with Crippen LogP contribution in [0.2, 0.25) is 0 Å². The van der Waals surface area contributed by atoms with E-state index in [1.54, 1.807) is 24.3 Å². The van der Waals surface area contributed by atoms with Crippen molar-refractivity contribution in [3.63, 3.8) is 0 Å². The Morgan fingerprint density at radius 2 is 1.83 bits per heavy atom. The molecule has 0 aromatic heterocycles. The molecular formula is C16H13N3O5. The predicted octanol–water partition coefficient (Wildman–Crippen LogP) is 1.02. The van der Waals surface area contributed by atoms with Crippen LogP contribution in [0.4, 0.5) is 5.69 Å². The number of hydrogen-bond acceptors (Lipinski definition) is 6. The van der Waals surface area contributed by atoms with Crippen LogP contribution < -0.4 is 0 Å². The van der Waals surface area contributed by atoms with Crippen LogP contribution in [0.5, 0.6) is 0 Å². The van der Waals surface area contributed by atoms with Gasteiger partial charge in [0.2, 0.25) is 0 Å². The van der Waals surface area contributed by atoms with Gasteiger partial charge in [-0.1, -0.05) is 42.5 Å². The van der Waals surface area contributed by atoms with Crippen LogP contribution in [-0.2, 0) is 11.3 Å². The summed E-state index contributed by atoms with van der Waals surface area (Å²) < 4.78 is 0. The standard InChI is InChI=1S/C16H13N3O5/c20-15-16(21,22)14(12-7-4-8-13(9-12)19(23)24)17-18(15)10-11-5-2-1-3-6-11/h1-9,21-22H,10H2. The Bertz CT molecular complexity index is 833. The highest BCUT2D eigenvalue weighted by Crippen LogP contribution is 2.26. The van der Waals surface area contributed by atoms with Gasteiger partial charge >= 0.3 is 5.91 Å². The number of amides is 1. The van der Waals surface area contributed by atoms with Crippen molar-refractivity contribution in [1.29, 1.82) is 0 Å². The van der Waals surface area contributed by atoms with Crippen molar-refractivity contribution < 1.29 is 19.9 Å². The molecule has 2 aromatic rings. The Morgan fingerprint density at radius 3 is 2.50 bits per heavy atom. The second kappa shape index (κ2) is 5.84. The summed E-state index contributed by atoms with van der Waals surface area (Å²) in [6.07, 6.45) is 0. The Morgan fingerprint density at radius 1 is 1.12 bits per heavy atom. The zero-order valence-corrected chi connectivity index (χ0v) is 12.4. The first-order valence-corrected chi connectivity index (χ1v) is 7.04. The molecule has 0 saturated carbocycles. The lowest BCUT2D eigenvalue weighted by Gasteiger charge is -2.17. The van der Waals surface area contributed by atoms with Gasteiger partial charge in [-0.15, -0.1) is 0 Å². The van der Waals surface area contributed by atoms with E-state index >= 15 is 0 Å². The quantitative estimate of drug-likeness (QED) is 0.494. The number of hydrazone groups is 1. The third-order valence-corrected chi connectivity index (χ3v) is 3.59. The van der Waals surface area contributed by atoms with E-state index < -0.39 is 16.6 Å². The Hall–Kier alpha value is -3.10. The fourth-order valence-corrected chi connectivity index (χ4v) is 2.41. The molecular weight excluding hydrogens is 314 g/mol. The number of nitrogens with zero attached hydrogens (tertiary/aromatic N) is 3. The number of carbonyl (C=O) groups is 1. The van der Waals surface area contributed by atoms with Crippen LogP contribution in [0.1, 0.15) is 11.1 Å². The molecule has 0 unspecified atom stereocenters. The van der Waals surface area contributed by atoms with Gasteiger partial charge in [0.15, 0.2) is 0 Å². The lowest BCUT2D eigenvalue weighted by Crippen LogP contribution is -2.46. The molecule has 2 aromatic carbocycles. The first-order valence-electron chi connectivity index (χ1n) is 7.04. The van der Waals surface area contributed by atoms with Gasteiger partial charge in [-0.25, -0.2) is 5.01 Å². The maximum atomic E-state index is 12.2. The number of nitro groups is 1. The van der Waals surface area contributed by atoms with Crippen molar-refractivity contribution in [2.75, 3.05) is 0 Å². The van der Waals surface area contributed by atoms with E-state index in [2.05, 4.69) is 5.10 Å². The van der Waals surface area contributed by atoms with Gasteiger partial charge in [0.25, 0.3) is 11.5 Å². The second-order valence-electron chi connectivity index (χ2n) is 5.28. The lowest BCUT2D eigenvalue weighted by atomic mass is 10.0. The van der Waals surface area contributed by atoms with Crippen LogP contribution >= 0.6 is 0 Å². The summed E-state index contributed by atoms with van der Waals surface area (Å²) in [6, 6.07) is 14.1. The molecule has 24 heavy (non-hydrogen) atoms. The van der Waals surface area contributed by atoms with Gasteiger partial charge in [0.1, 0.15) is 5.71 Å². The first kappa shape index (κ1) is 15.8. The third kappa shape index (κ3) is 2.75. The molecule has 1 amide bonds. The number of rotatable bonds is 4. The molecule has 0 saturated heterocycles. The number of hydrogen-bond donors (Lipinski definition) is 2. The first-order chi connectivity index (χ1) is 11.4. The van der Waals surface area contributed by atoms with Gasteiger partial charge in [0.05, 0.1) is 11.5 Å². The summed E-state index contributed by atoms with van der Waals surface area (Å²) in [5.41, 5.74) is 0.274. The lowest BCUT2D eigenvalue weighted by molar-refractivity contribution is -0.384. The minimum absolute atomic E-state index is 0.0565. The third-order valence-electron chi connectivity index (χ3n) is 3.59. The van der Waals surface area contributed by atoms with Gasteiger partial charge in [-0.2, -0.15) is 5.10 Å². The maximum absolute atomic E-state index is 12.2. The van der Waals surface area contributed by atoms with Crippen molar-refractivity contribution in [2.45, 2.75) is 12.3 Å². The fraction of sp³-hybridized carbons (Fsp3) is 0.125. The molecule has 0 bridgehead atoms. The van der Waals surface area contributed by atoms with E-state index in [0.717, 1.165) is 16.6 Å². The minimum atomic E-state index is -2.83. The number of nitro benzene ring substituents is 1. The van der Waals surface area contributed by atoms with Crippen molar-refractivity contribution in [1.82, 2.24) is 5.01 Å². The molecule has 0 aliphatic carbocycles. The van der Waals surface area contributed by atoms with Gasteiger partial charge in [-0.3, -0.25) is 14.9 Å². The van der Waals surface area contributed by atoms with Crippen LogP contribution in [0.15, 0.2) is 59.7 Å². The Balaban J connectivity index is 1.97. The highest BCUT2D eigenvalue weighted by Gasteiger charge is 2.49. The van der Waals surface area contributed by atoms with E-state index in [1.165, 1.54) is 18.2 Å². The summed E-state index contributed by atoms with van der Waals surface area (Å²) in [6.45, 7) is 0.0565. The molecule has 8 nitrogen and oxygen atoms in total. The second-order valence-corrected chi connectivity index (χ2v) is 5.28. The van der Waals surface area contributed by atoms with Gasteiger partial charge < -0.3 is 10.2 Å². The average molecular weight is 327 g/mol. The van der Waals surface area contributed by atoms with Crippen LogP contribution in [0, 0.1) is 10.1 Å². The summed E-state index contributed by atoms with van der Waals surface area (Å²) in [5.74, 6) is -3.84. The topological polar surface area (TPSA) is 116 Å². The van der Waals surface area contributed by atoms with E-state index in [-0.39, 0.29) is 23.5 Å². The molecule has 1 aliphatic heterocycles. The fourth-order valence-electron chi connectivity index (χ4n) is 2.41. The van der Waals surface area contributed by atoms with Gasteiger partial charge in [0, 0.05) is 17.7 Å². The van der Waals surface area contributed by atoms with Crippen LogP contribution in [-0.4, -0.2) is 37.6 Å². The summed E-state index contributed by atoms with van der Waals surface area (Å²) in [5, 5.41) is 36.0. The average Bonchev–Trinajstić information content (AvgIpc) is 2.79. The number of aliphatic hydroxyl groups is 2. The smallest absolute Gasteiger partial charge is 0.309 e. The summed E-state index contributed by atoms with van der Waals surface area (Å²) in [4.78, 5) is 22.5. The van der Waals surface area contributed by atoms with Crippen molar-refractivity contribution in [3.05, 3.63) is 75.8 Å². The zero-order chi connectivity index (χ0) is 17.3. The molecule has 0 radical (unpaired) electrons. The van der Waals surface area contributed by atoms with E-state index in [4.69, 9.17) is 0 Å². The minimum Gasteiger partial charge on any atom is -0.353 e. The summed E-state index contributed by atoms with van der Waals surface area (Å²) >= 11 is 0. The zero-order valence-electron chi connectivity index (χ0n) is 12.4. The van der Waals surface area contributed by atoms with Crippen molar-refractivity contribution in [2.24, 2.45) is 5.10 Å². The molecule has 0 fully saturated rings. The highest BCUT2D eigenvalue weighted by molar-refractivity contribution is 6.20. The molecule has 0 spiro atoms. The Kier molecular flexibility index (Phi) is 3.84. The van der Waals surface area contributed by atoms with Crippen molar-refractivity contribution in [3.8, 4) is 0 Å². The monoisotopic (exact) mass is 327 g/mol. The molecule has 122 valence electrons. The normalized spacial score (nSPS) is 16.2. The Labute approximate surface area is 136 Å². The van der Waals surface area contributed by atoms with Crippen LogP contribution in [0.25, 0.3) is 0 Å². The molecule has 2 N–H and O–H groups in total. The van der Waals surface area contributed by atoms with E-state index in [0.29, 0.717) is 0 Å². The van der Waals surface area contributed by atoms with Gasteiger partial charge in [-0.05, 0) is 5.56 Å². The molecule has 0 atom stereocenters.